The Labute approximate surface area is 113 Å². The van der Waals surface area contributed by atoms with Crippen LogP contribution in [0, 0.1) is 12.7 Å². The first-order valence-electron chi connectivity index (χ1n) is 6.20. The highest BCUT2D eigenvalue weighted by Crippen LogP contribution is 2.27. The van der Waals surface area contributed by atoms with Crippen molar-refractivity contribution in [3.8, 4) is 11.5 Å². The maximum Gasteiger partial charge on any atom is 0.165 e. The molecule has 0 aliphatic heterocycles. The van der Waals surface area contributed by atoms with E-state index in [1.54, 1.807) is 36.4 Å². The minimum absolute atomic E-state index is 0.209. The quantitative estimate of drug-likeness (QED) is 0.642. The van der Waals surface area contributed by atoms with Crippen molar-refractivity contribution < 1.29 is 9.13 Å². The Morgan fingerprint density at radius 1 is 1.11 bits per heavy atom. The van der Waals surface area contributed by atoms with Crippen LogP contribution in [0.3, 0.4) is 0 Å². The summed E-state index contributed by atoms with van der Waals surface area (Å²) in [5.74, 6) is 5.73. The molecule has 0 unspecified atom stereocenters. The number of rotatable bonds is 3. The molecule has 0 fully saturated rings. The molecule has 19 heavy (non-hydrogen) atoms. The predicted molar refractivity (Wildman–Crippen MR) is 76.8 cm³/mol. The third-order valence-electron chi connectivity index (χ3n) is 2.42. The Kier molecular flexibility index (Phi) is 5.82. The van der Waals surface area contributed by atoms with E-state index in [-0.39, 0.29) is 11.6 Å². The maximum absolute atomic E-state index is 13.4. The number of hydrogen-bond acceptors (Lipinski definition) is 3. The van der Waals surface area contributed by atoms with E-state index in [0.717, 1.165) is 11.3 Å². The first-order chi connectivity index (χ1) is 9.20. The number of para-hydroxylation sites is 1. The van der Waals surface area contributed by atoms with Gasteiger partial charge in [0.1, 0.15) is 5.75 Å². The van der Waals surface area contributed by atoms with Crippen LogP contribution in [0.5, 0.6) is 11.5 Å². The zero-order valence-corrected chi connectivity index (χ0v) is 11.4. The molecule has 3 N–H and O–H groups in total. The summed E-state index contributed by atoms with van der Waals surface area (Å²) in [7, 11) is 0. The van der Waals surface area contributed by atoms with Gasteiger partial charge in [0.2, 0.25) is 0 Å². The summed E-state index contributed by atoms with van der Waals surface area (Å²) in [6.07, 6.45) is 0. The molecule has 0 bridgehead atoms. The summed E-state index contributed by atoms with van der Waals surface area (Å²) < 4.78 is 18.8. The highest BCUT2D eigenvalue weighted by atomic mass is 19.1. The Morgan fingerprint density at radius 3 is 2.37 bits per heavy atom. The van der Waals surface area contributed by atoms with Crippen LogP contribution in [0.4, 0.5) is 10.1 Å². The van der Waals surface area contributed by atoms with Gasteiger partial charge in [-0.2, -0.15) is 0 Å². The fraction of sp³-hybridized carbons (Fsp3) is 0.200. The van der Waals surface area contributed by atoms with E-state index in [1.165, 1.54) is 6.07 Å². The number of hydrogen-bond donors (Lipinski definition) is 2. The molecule has 0 aliphatic rings. The Balaban J connectivity index is 0.000000861. The lowest BCUT2D eigenvalue weighted by Gasteiger charge is -2.09. The standard InChI is InChI=1S/C13H13FN2O.C2H6/c1-9-8-10(6-7-12(9)16-15)17-13-5-3-2-4-11(13)14;1-2/h2-8,16H,15H2,1H3;1-2H3. The molecule has 0 aliphatic carbocycles. The summed E-state index contributed by atoms with van der Waals surface area (Å²) in [5, 5.41) is 0. The second-order valence-electron chi connectivity index (χ2n) is 3.65. The van der Waals surface area contributed by atoms with E-state index in [4.69, 9.17) is 10.6 Å². The van der Waals surface area contributed by atoms with Crippen molar-refractivity contribution in [1.82, 2.24) is 0 Å². The van der Waals surface area contributed by atoms with Gasteiger partial charge in [-0.25, -0.2) is 4.39 Å². The zero-order valence-electron chi connectivity index (χ0n) is 11.4. The molecule has 0 heterocycles. The van der Waals surface area contributed by atoms with Gasteiger partial charge in [-0.05, 0) is 42.8 Å². The van der Waals surface area contributed by atoms with Gasteiger partial charge >= 0.3 is 0 Å². The molecular formula is C15H19FN2O. The van der Waals surface area contributed by atoms with E-state index in [2.05, 4.69) is 5.43 Å². The van der Waals surface area contributed by atoms with Crippen molar-refractivity contribution in [2.45, 2.75) is 20.8 Å². The summed E-state index contributed by atoms with van der Waals surface area (Å²) in [4.78, 5) is 0. The molecule has 3 nitrogen and oxygen atoms in total. The topological polar surface area (TPSA) is 47.3 Å². The normalized spacial score (nSPS) is 9.32. The Hall–Kier alpha value is -2.07. The van der Waals surface area contributed by atoms with Crippen molar-refractivity contribution in [3.63, 3.8) is 0 Å². The van der Waals surface area contributed by atoms with E-state index >= 15 is 0 Å². The number of nitrogens with one attached hydrogen (secondary N) is 1. The highest BCUT2D eigenvalue weighted by molar-refractivity contribution is 5.53. The van der Waals surface area contributed by atoms with Gasteiger partial charge in [0, 0.05) is 0 Å². The Bertz CT molecular complexity index is 529. The second-order valence-corrected chi connectivity index (χ2v) is 3.65. The lowest BCUT2D eigenvalue weighted by Crippen LogP contribution is -2.07. The first-order valence-corrected chi connectivity index (χ1v) is 6.20. The molecule has 102 valence electrons. The number of anilines is 1. The first kappa shape index (κ1) is 15.0. The molecule has 2 rings (SSSR count). The molecule has 0 saturated carbocycles. The highest BCUT2D eigenvalue weighted by Gasteiger charge is 2.04. The van der Waals surface area contributed by atoms with Crippen LogP contribution in [-0.2, 0) is 0 Å². The summed E-state index contributed by atoms with van der Waals surface area (Å²) in [5.41, 5.74) is 4.31. The molecule has 4 heteroatoms. The summed E-state index contributed by atoms with van der Waals surface area (Å²) in [6.45, 7) is 5.89. The molecule has 0 saturated heterocycles. The van der Waals surface area contributed by atoms with Gasteiger partial charge in [0.15, 0.2) is 11.6 Å². The molecule has 0 atom stereocenters. The average Bonchev–Trinajstić information content (AvgIpc) is 2.44. The molecule has 0 amide bonds. The number of nitrogen functional groups attached to an aromatic ring is 1. The largest absolute Gasteiger partial charge is 0.454 e. The van der Waals surface area contributed by atoms with E-state index in [1.807, 2.05) is 20.8 Å². The van der Waals surface area contributed by atoms with Crippen LogP contribution in [0.25, 0.3) is 0 Å². The van der Waals surface area contributed by atoms with Crippen molar-refractivity contribution in [1.29, 1.82) is 0 Å². The fourth-order valence-corrected chi connectivity index (χ4v) is 1.52. The van der Waals surface area contributed by atoms with Crippen LogP contribution in [-0.4, -0.2) is 0 Å². The molecule has 2 aromatic rings. The number of nitrogens with two attached hydrogens (primary N) is 1. The molecule has 0 spiro atoms. The maximum atomic E-state index is 13.4. The van der Waals surface area contributed by atoms with E-state index in [0.29, 0.717) is 5.75 Å². The molecule has 0 aromatic heterocycles. The van der Waals surface area contributed by atoms with Crippen LogP contribution in [0.2, 0.25) is 0 Å². The van der Waals surface area contributed by atoms with Gasteiger partial charge in [-0.1, -0.05) is 26.0 Å². The zero-order chi connectivity index (χ0) is 14.3. The van der Waals surface area contributed by atoms with Gasteiger partial charge in [0.25, 0.3) is 0 Å². The minimum Gasteiger partial charge on any atom is -0.454 e. The number of hydrazine groups is 1. The number of aryl methyl sites for hydroxylation is 1. The molecule has 2 aromatic carbocycles. The van der Waals surface area contributed by atoms with Crippen molar-refractivity contribution in [3.05, 3.63) is 53.8 Å². The van der Waals surface area contributed by atoms with Crippen LogP contribution in [0.15, 0.2) is 42.5 Å². The number of benzene rings is 2. The second kappa shape index (κ2) is 7.38. The smallest absolute Gasteiger partial charge is 0.165 e. The van der Waals surface area contributed by atoms with Gasteiger partial charge < -0.3 is 10.2 Å². The summed E-state index contributed by atoms with van der Waals surface area (Å²) >= 11 is 0. The number of ether oxygens (including phenoxy) is 1. The van der Waals surface area contributed by atoms with E-state index < -0.39 is 0 Å². The molecule has 0 radical (unpaired) electrons. The van der Waals surface area contributed by atoms with Crippen molar-refractivity contribution >= 4 is 5.69 Å². The monoisotopic (exact) mass is 262 g/mol. The minimum atomic E-state index is -0.383. The third-order valence-corrected chi connectivity index (χ3v) is 2.42. The Morgan fingerprint density at radius 2 is 1.79 bits per heavy atom. The SMILES string of the molecule is CC.Cc1cc(Oc2ccccc2F)ccc1NN. The molecular weight excluding hydrogens is 243 g/mol. The lowest BCUT2D eigenvalue weighted by molar-refractivity contribution is 0.442. The van der Waals surface area contributed by atoms with Crippen LogP contribution < -0.4 is 16.0 Å². The third kappa shape index (κ3) is 3.96. The van der Waals surface area contributed by atoms with Crippen LogP contribution in [0.1, 0.15) is 19.4 Å². The summed E-state index contributed by atoms with van der Waals surface area (Å²) in [6, 6.07) is 11.6. The predicted octanol–water partition coefficient (Wildman–Crippen LogP) is 4.24. The lowest BCUT2D eigenvalue weighted by atomic mass is 10.2. The average molecular weight is 262 g/mol. The van der Waals surface area contributed by atoms with Crippen molar-refractivity contribution in [2.24, 2.45) is 5.84 Å². The van der Waals surface area contributed by atoms with Gasteiger partial charge in [-0.3, -0.25) is 5.84 Å². The van der Waals surface area contributed by atoms with Crippen molar-refractivity contribution in [2.75, 3.05) is 5.43 Å². The van der Waals surface area contributed by atoms with Gasteiger partial charge in [0.05, 0.1) is 5.69 Å². The van der Waals surface area contributed by atoms with Crippen LogP contribution >= 0.6 is 0 Å². The fourth-order valence-electron chi connectivity index (χ4n) is 1.52. The van der Waals surface area contributed by atoms with Gasteiger partial charge in [-0.15, -0.1) is 0 Å². The van der Waals surface area contributed by atoms with E-state index in [9.17, 15) is 4.39 Å². The number of halogens is 1.